The van der Waals surface area contributed by atoms with Crippen LogP contribution in [0.3, 0.4) is 0 Å². The average Bonchev–Trinajstić information content (AvgIpc) is 3.77. The minimum Gasteiger partial charge on any atom is -0.368 e. The summed E-state index contributed by atoms with van der Waals surface area (Å²) >= 11 is 1.31. The van der Waals surface area contributed by atoms with Crippen LogP contribution in [0.15, 0.2) is 179 Å². The molecule has 0 radical (unpaired) electrons. The zero-order valence-corrected chi connectivity index (χ0v) is 36.7. The summed E-state index contributed by atoms with van der Waals surface area (Å²) in [5, 5.41) is 6.75. The molecular weight excluding hydrogens is 846 g/mol. The molecule has 1 amide bonds. The summed E-state index contributed by atoms with van der Waals surface area (Å²) in [4.78, 5) is 27.1. The molecule has 64 heavy (non-hydrogen) atoms. The van der Waals surface area contributed by atoms with Crippen LogP contribution in [0.25, 0.3) is 33.3 Å². The van der Waals surface area contributed by atoms with Crippen LogP contribution in [-0.4, -0.2) is 84.2 Å². The predicted octanol–water partition coefficient (Wildman–Crippen LogP) is 8.40. The monoisotopic (exact) mass is 889 g/mol. The van der Waals surface area contributed by atoms with Gasteiger partial charge < -0.3 is 10.6 Å². The first-order valence-corrected chi connectivity index (χ1v) is 22.9. The lowest BCUT2D eigenvalue weighted by atomic mass is 9.77. The van der Waals surface area contributed by atoms with Crippen molar-refractivity contribution in [1.29, 1.82) is 0 Å². The number of nitrogens with zero attached hydrogens (tertiary/aromatic N) is 6. The molecule has 0 spiro atoms. The van der Waals surface area contributed by atoms with Crippen LogP contribution in [0, 0.1) is 5.82 Å². The normalized spacial score (nSPS) is 14.4. The molecule has 1 fully saturated rings. The Morgan fingerprint density at radius 1 is 0.766 bits per heavy atom. The van der Waals surface area contributed by atoms with Crippen LogP contribution in [0.2, 0.25) is 0 Å². The maximum atomic E-state index is 14.5. The predicted molar refractivity (Wildman–Crippen MR) is 247 cm³/mol. The number of benzene rings is 6. The molecule has 0 bridgehead atoms. The molecule has 9 rings (SSSR count). The van der Waals surface area contributed by atoms with Gasteiger partial charge in [-0.15, -0.1) is 0 Å². The fraction of sp³-hybridized carbons (Fsp3) is 0.160. The fourth-order valence-corrected chi connectivity index (χ4v) is 10.4. The first-order valence-electron chi connectivity index (χ1n) is 20.7. The summed E-state index contributed by atoms with van der Waals surface area (Å²) in [6.45, 7) is 2.42. The first kappa shape index (κ1) is 42.7. The highest BCUT2D eigenvalue weighted by molar-refractivity contribution is 7.99. The number of rotatable bonds is 13. The van der Waals surface area contributed by atoms with E-state index in [0.717, 1.165) is 45.9 Å². The van der Waals surface area contributed by atoms with Gasteiger partial charge in [0.1, 0.15) is 34.4 Å². The molecule has 1 unspecified atom stereocenters. The van der Waals surface area contributed by atoms with E-state index in [1.54, 1.807) is 24.3 Å². The summed E-state index contributed by atoms with van der Waals surface area (Å²) in [6.07, 6.45) is 3.54. The van der Waals surface area contributed by atoms with E-state index in [1.165, 1.54) is 36.3 Å². The van der Waals surface area contributed by atoms with Gasteiger partial charge in [0.2, 0.25) is 5.91 Å². The third-order valence-corrected chi connectivity index (χ3v) is 14.2. The van der Waals surface area contributed by atoms with Gasteiger partial charge in [0.15, 0.2) is 0 Å². The van der Waals surface area contributed by atoms with Gasteiger partial charge in [0.05, 0.1) is 17.5 Å². The van der Waals surface area contributed by atoms with Gasteiger partial charge in [-0.2, -0.15) is 13.5 Å². The number of primary amides is 1. The lowest BCUT2D eigenvalue weighted by Crippen LogP contribution is -2.49. The molecule has 1 saturated heterocycles. The second-order valence-electron chi connectivity index (χ2n) is 15.6. The fourth-order valence-electron chi connectivity index (χ4n) is 8.64. The number of amides is 1. The summed E-state index contributed by atoms with van der Waals surface area (Å²) in [5.74, 6) is -1.02. The quantitative estimate of drug-likeness (QED) is 0.0683. The van der Waals surface area contributed by atoms with Gasteiger partial charge >= 0.3 is 0 Å². The highest BCUT2D eigenvalue weighted by atomic mass is 32.2. The van der Waals surface area contributed by atoms with Crippen LogP contribution in [0.5, 0.6) is 0 Å². The van der Waals surface area contributed by atoms with Gasteiger partial charge in [-0.25, -0.2) is 14.4 Å². The number of likely N-dealkylation sites (N-methyl/N-ethyl adjacent to an activating group) is 1. The smallest absolute Gasteiger partial charge is 0.297 e. The Balaban J connectivity index is 1.21. The Morgan fingerprint density at radius 2 is 1.36 bits per heavy atom. The second-order valence-corrected chi connectivity index (χ2v) is 18.4. The molecule has 1 aliphatic heterocycles. The van der Waals surface area contributed by atoms with Crippen LogP contribution in [0.1, 0.15) is 28.3 Å². The van der Waals surface area contributed by atoms with Crippen molar-refractivity contribution in [3.05, 3.63) is 192 Å². The second kappa shape index (κ2) is 17.9. The minimum atomic E-state index is -4.22. The topological polar surface area (TPSA) is 137 Å². The van der Waals surface area contributed by atoms with Crippen molar-refractivity contribution >= 4 is 38.7 Å². The van der Waals surface area contributed by atoms with Crippen LogP contribution < -0.4 is 5.73 Å². The lowest BCUT2D eigenvalue weighted by molar-refractivity contribution is -0.124. The van der Waals surface area contributed by atoms with E-state index in [2.05, 4.69) is 46.3 Å². The van der Waals surface area contributed by atoms with E-state index in [9.17, 15) is 17.6 Å². The van der Waals surface area contributed by atoms with Crippen molar-refractivity contribution < 1.29 is 21.8 Å². The highest BCUT2D eigenvalue weighted by Gasteiger charge is 2.40. The number of carbonyl (C=O) groups is 1. The summed E-state index contributed by atoms with van der Waals surface area (Å²) in [5.41, 5.74) is 12.0. The van der Waals surface area contributed by atoms with Gasteiger partial charge in [0, 0.05) is 59.3 Å². The number of nitrogens with two attached hydrogens (primary N) is 1. The Bertz CT molecular complexity index is 2960. The number of hydrogen-bond acceptors (Lipinski definition) is 10. The van der Waals surface area contributed by atoms with Gasteiger partial charge in [-0.05, 0) is 83.9 Å². The van der Waals surface area contributed by atoms with Gasteiger partial charge in [-0.1, -0.05) is 109 Å². The summed E-state index contributed by atoms with van der Waals surface area (Å²) < 4.78 is 48.1. The van der Waals surface area contributed by atoms with Crippen molar-refractivity contribution in [3.63, 3.8) is 0 Å². The molecule has 2 aromatic heterocycles. The summed E-state index contributed by atoms with van der Waals surface area (Å²) in [6, 6.07) is 46.9. The molecule has 3 heterocycles. The van der Waals surface area contributed by atoms with Gasteiger partial charge in [-0.3, -0.25) is 18.6 Å². The molecule has 0 saturated carbocycles. The number of carbonyl (C=O) groups excluding carboxylic acids is 1. The minimum absolute atomic E-state index is 0.125. The highest BCUT2D eigenvalue weighted by Crippen LogP contribution is 2.44. The molecule has 11 nitrogen and oxygen atoms in total. The molecule has 0 aliphatic carbocycles. The Labute approximate surface area is 375 Å². The number of aromatic nitrogens is 4. The van der Waals surface area contributed by atoms with E-state index in [1.807, 2.05) is 95.6 Å². The van der Waals surface area contributed by atoms with Crippen LogP contribution in [-0.2, 0) is 24.6 Å². The molecular formula is C50H44FN7O4S2. The maximum absolute atomic E-state index is 14.5. The number of piperazine rings is 1. The lowest BCUT2D eigenvalue weighted by Gasteiger charge is -2.37. The van der Waals surface area contributed by atoms with E-state index in [-0.39, 0.29) is 16.3 Å². The van der Waals surface area contributed by atoms with E-state index in [0.29, 0.717) is 47.3 Å². The Kier molecular flexibility index (Phi) is 12.0. The zero-order chi connectivity index (χ0) is 44.4. The summed E-state index contributed by atoms with van der Waals surface area (Å²) in [7, 11) is -1.13. The van der Waals surface area contributed by atoms with Gasteiger partial charge in [0.25, 0.3) is 10.1 Å². The third-order valence-electron chi connectivity index (χ3n) is 11.8. The van der Waals surface area contributed by atoms with Crippen molar-refractivity contribution in [2.45, 2.75) is 26.4 Å². The first-order chi connectivity index (χ1) is 31.1. The molecule has 14 heteroatoms. The third kappa shape index (κ3) is 8.10. The molecule has 1 aliphatic rings. The Hall–Kier alpha value is -6.55. The van der Waals surface area contributed by atoms with Crippen LogP contribution in [0.4, 0.5) is 4.39 Å². The number of fused-ring (bicyclic) bond motifs is 1. The standard InChI is InChI=1S/C50H44FN7O4S2/c1-56-26-28-57(29-27-56)47(48(52)59)42-31-40(23-25-45(42)64(60,61)62-2)63-49-41-30-35(20-24-44(41)53-33-54-49)43-32-58(55-46(43)34-18-21-39(51)22-19-34)50(36-12-6-3-7-13-36,37-14-8-4-9-15-37)38-16-10-5-11-17-38/h3-25,30-33,47H,26-29H2,1-2H3,(H2,52,59). The Morgan fingerprint density at radius 3 is 1.94 bits per heavy atom. The van der Waals surface area contributed by atoms with Crippen molar-refractivity contribution in [2.75, 3.05) is 40.3 Å². The van der Waals surface area contributed by atoms with E-state index < -0.39 is 27.6 Å². The molecule has 8 aromatic rings. The van der Waals surface area contributed by atoms with Crippen molar-refractivity contribution in [2.24, 2.45) is 5.73 Å². The molecule has 1 atom stereocenters. The van der Waals surface area contributed by atoms with Crippen molar-refractivity contribution in [1.82, 2.24) is 29.5 Å². The molecule has 2 N–H and O–H groups in total. The van der Waals surface area contributed by atoms with E-state index >= 15 is 0 Å². The van der Waals surface area contributed by atoms with Crippen LogP contribution >= 0.6 is 11.8 Å². The number of hydrogen-bond donors (Lipinski definition) is 1. The zero-order valence-electron chi connectivity index (χ0n) is 35.1. The SMILES string of the molecule is COS(=O)(=O)c1ccc(Sc2ncnc3ccc(-c4cn(C(c5ccccc5)(c5ccccc5)c5ccccc5)nc4-c4ccc(F)cc4)cc23)cc1C(C(N)=O)N1CCN(C)CC1. The largest absolute Gasteiger partial charge is 0.368 e. The number of halogens is 1. The van der Waals surface area contributed by atoms with Crippen molar-refractivity contribution in [3.8, 4) is 22.4 Å². The molecule has 6 aromatic carbocycles. The molecule has 322 valence electrons. The average molecular weight is 890 g/mol. The van der Waals surface area contributed by atoms with E-state index in [4.69, 9.17) is 20.0 Å². The maximum Gasteiger partial charge on any atom is 0.297 e.